The van der Waals surface area contributed by atoms with Crippen molar-refractivity contribution in [3.05, 3.63) is 57.7 Å². The summed E-state index contributed by atoms with van der Waals surface area (Å²) in [6, 6.07) is 5.77. The number of nitro groups is 1. The number of rotatable bonds is 5. The second-order valence-corrected chi connectivity index (χ2v) is 4.09. The summed E-state index contributed by atoms with van der Waals surface area (Å²) in [7, 11) is 1.84. The highest BCUT2D eigenvalue weighted by molar-refractivity contribution is 5.34. The molecule has 1 N–H and O–H groups in total. The van der Waals surface area contributed by atoms with Gasteiger partial charge in [0.2, 0.25) is 5.82 Å². The summed E-state index contributed by atoms with van der Waals surface area (Å²) in [6.07, 6.45) is 1.70. The number of aryl methyl sites for hydroxylation is 1. The Hall–Kier alpha value is -2.28. The standard InChI is InChI=1S/C12H13FN4O2/c1-16-10(4-5-15-16)8-14-7-9-2-3-12(17(18)19)11(13)6-9/h2-6,14H,7-8H2,1H3. The molecule has 7 heteroatoms. The zero-order valence-electron chi connectivity index (χ0n) is 10.3. The summed E-state index contributed by atoms with van der Waals surface area (Å²) in [5.41, 5.74) is 1.16. The molecule has 2 rings (SSSR count). The zero-order valence-corrected chi connectivity index (χ0v) is 10.3. The highest BCUT2D eigenvalue weighted by Gasteiger charge is 2.13. The van der Waals surface area contributed by atoms with Gasteiger partial charge in [-0.2, -0.15) is 9.49 Å². The lowest BCUT2D eigenvalue weighted by Gasteiger charge is -2.05. The number of benzene rings is 1. The van der Waals surface area contributed by atoms with Crippen LogP contribution >= 0.6 is 0 Å². The topological polar surface area (TPSA) is 73.0 Å². The van der Waals surface area contributed by atoms with Gasteiger partial charge >= 0.3 is 5.69 Å². The molecule has 0 radical (unpaired) electrons. The molecule has 0 amide bonds. The minimum absolute atomic E-state index is 0.431. The second kappa shape index (κ2) is 5.57. The molecule has 1 aromatic carbocycles. The first-order chi connectivity index (χ1) is 9.08. The van der Waals surface area contributed by atoms with Gasteiger partial charge in [-0.15, -0.1) is 0 Å². The molecule has 0 saturated heterocycles. The van der Waals surface area contributed by atoms with E-state index in [2.05, 4.69) is 10.4 Å². The lowest BCUT2D eigenvalue weighted by Crippen LogP contribution is -2.15. The van der Waals surface area contributed by atoms with E-state index in [1.807, 2.05) is 13.1 Å². The summed E-state index contributed by atoms with van der Waals surface area (Å²) < 4.78 is 15.1. The van der Waals surface area contributed by atoms with E-state index < -0.39 is 16.4 Å². The molecule has 0 aliphatic rings. The summed E-state index contributed by atoms with van der Waals surface area (Å²) in [5, 5.41) is 17.6. The molecular formula is C12H13FN4O2. The van der Waals surface area contributed by atoms with Crippen molar-refractivity contribution in [2.24, 2.45) is 7.05 Å². The van der Waals surface area contributed by atoms with Crippen molar-refractivity contribution >= 4 is 5.69 Å². The van der Waals surface area contributed by atoms with Crippen LogP contribution in [0, 0.1) is 15.9 Å². The second-order valence-electron chi connectivity index (χ2n) is 4.09. The lowest BCUT2D eigenvalue weighted by atomic mass is 10.2. The molecule has 0 aliphatic carbocycles. The third-order valence-corrected chi connectivity index (χ3v) is 2.77. The highest BCUT2D eigenvalue weighted by Crippen LogP contribution is 2.17. The maximum absolute atomic E-state index is 13.4. The third-order valence-electron chi connectivity index (χ3n) is 2.77. The van der Waals surface area contributed by atoms with Crippen molar-refractivity contribution < 1.29 is 9.31 Å². The average Bonchev–Trinajstić information content (AvgIpc) is 2.75. The van der Waals surface area contributed by atoms with Crippen LogP contribution in [0.4, 0.5) is 10.1 Å². The molecule has 0 saturated carbocycles. The van der Waals surface area contributed by atoms with Crippen LogP contribution < -0.4 is 5.32 Å². The number of nitrogens with one attached hydrogen (secondary N) is 1. The molecule has 6 nitrogen and oxygen atoms in total. The van der Waals surface area contributed by atoms with Crippen LogP contribution in [0.2, 0.25) is 0 Å². The Bertz CT molecular complexity index is 597. The Morgan fingerprint density at radius 1 is 1.42 bits per heavy atom. The number of halogens is 1. The lowest BCUT2D eigenvalue weighted by molar-refractivity contribution is -0.387. The quantitative estimate of drug-likeness (QED) is 0.659. The van der Waals surface area contributed by atoms with Gasteiger partial charge in [0.1, 0.15) is 0 Å². The van der Waals surface area contributed by atoms with Gasteiger partial charge < -0.3 is 5.32 Å². The van der Waals surface area contributed by atoms with Crippen LogP contribution in [-0.4, -0.2) is 14.7 Å². The van der Waals surface area contributed by atoms with Crippen molar-refractivity contribution in [1.29, 1.82) is 0 Å². The highest BCUT2D eigenvalue weighted by atomic mass is 19.1. The number of hydrogen-bond acceptors (Lipinski definition) is 4. The summed E-state index contributed by atoms with van der Waals surface area (Å²) in [5.74, 6) is -0.815. The Kier molecular flexibility index (Phi) is 3.86. The molecule has 2 aromatic rings. The molecule has 0 atom stereocenters. The van der Waals surface area contributed by atoms with Crippen molar-refractivity contribution in [3.63, 3.8) is 0 Å². The molecule has 0 aliphatic heterocycles. The van der Waals surface area contributed by atoms with E-state index >= 15 is 0 Å². The SMILES string of the molecule is Cn1nccc1CNCc1ccc([N+](=O)[O-])c(F)c1. The van der Waals surface area contributed by atoms with E-state index in [4.69, 9.17) is 0 Å². The van der Waals surface area contributed by atoms with E-state index in [1.54, 1.807) is 10.9 Å². The van der Waals surface area contributed by atoms with Crippen molar-refractivity contribution in [3.8, 4) is 0 Å². The number of nitrogens with zero attached hydrogens (tertiary/aromatic N) is 3. The van der Waals surface area contributed by atoms with Crippen LogP contribution in [0.25, 0.3) is 0 Å². The monoisotopic (exact) mass is 264 g/mol. The first kappa shape index (κ1) is 13.2. The van der Waals surface area contributed by atoms with Crippen LogP contribution in [0.15, 0.2) is 30.5 Å². The number of nitro benzene ring substituents is 1. The molecule has 1 heterocycles. The normalized spacial score (nSPS) is 10.6. The molecule has 100 valence electrons. The maximum atomic E-state index is 13.4. The van der Waals surface area contributed by atoms with Gasteiger partial charge in [0.15, 0.2) is 0 Å². The minimum atomic E-state index is -0.815. The first-order valence-corrected chi connectivity index (χ1v) is 5.68. The summed E-state index contributed by atoms with van der Waals surface area (Å²) >= 11 is 0. The van der Waals surface area contributed by atoms with Gasteiger partial charge in [-0.1, -0.05) is 6.07 Å². The fraction of sp³-hybridized carbons (Fsp3) is 0.250. The molecule has 0 spiro atoms. The van der Waals surface area contributed by atoms with Crippen molar-refractivity contribution in [2.45, 2.75) is 13.1 Å². The molecule has 0 fully saturated rings. The molecular weight excluding hydrogens is 251 g/mol. The minimum Gasteiger partial charge on any atom is -0.307 e. The first-order valence-electron chi connectivity index (χ1n) is 5.68. The Morgan fingerprint density at radius 3 is 2.79 bits per heavy atom. The van der Waals surface area contributed by atoms with Crippen LogP contribution in [0.1, 0.15) is 11.3 Å². The average molecular weight is 264 g/mol. The van der Waals surface area contributed by atoms with E-state index in [9.17, 15) is 14.5 Å². The van der Waals surface area contributed by atoms with Gasteiger partial charge in [-0.3, -0.25) is 14.8 Å². The third kappa shape index (κ3) is 3.14. The predicted octanol–water partition coefficient (Wildman–Crippen LogP) is 1.76. The van der Waals surface area contributed by atoms with Crippen molar-refractivity contribution in [2.75, 3.05) is 0 Å². The predicted molar refractivity (Wildman–Crippen MR) is 66.8 cm³/mol. The number of aromatic nitrogens is 2. The maximum Gasteiger partial charge on any atom is 0.304 e. The summed E-state index contributed by atoms with van der Waals surface area (Å²) in [4.78, 5) is 9.75. The zero-order chi connectivity index (χ0) is 13.8. The van der Waals surface area contributed by atoms with Gasteiger partial charge in [0, 0.05) is 32.4 Å². The van der Waals surface area contributed by atoms with Gasteiger partial charge in [0.25, 0.3) is 0 Å². The van der Waals surface area contributed by atoms with Crippen LogP contribution in [-0.2, 0) is 20.1 Å². The largest absolute Gasteiger partial charge is 0.307 e. The van der Waals surface area contributed by atoms with E-state index in [0.717, 1.165) is 5.69 Å². The number of hydrogen-bond donors (Lipinski definition) is 1. The van der Waals surface area contributed by atoms with E-state index in [0.29, 0.717) is 18.7 Å². The smallest absolute Gasteiger partial charge is 0.304 e. The van der Waals surface area contributed by atoms with Crippen molar-refractivity contribution in [1.82, 2.24) is 15.1 Å². The van der Waals surface area contributed by atoms with Gasteiger partial charge in [-0.05, 0) is 17.7 Å². The molecule has 0 unspecified atom stereocenters. The van der Waals surface area contributed by atoms with Crippen LogP contribution in [0.5, 0.6) is 0 Å². The fourth-order valence-electron chi connectivity index (χ4n) is 1.72. The van der Waals surface area contributed by atoms with Gasteiger partial charge in [-0.25, -0.2) is 0 Å². The van der Waals surface area contributed by atoms with Crippen LogP contribution in [0.3, 0.4) is 0 Å². The van der Waals surface area contributed by atoms with Gasteiger partial charge in [0.05, 0.1) is 10.6 Å². The fourth-order valence-corrected chi connectivity index (χ4v) is 1.72. The Balaban J connectivity index is 1.95. The van der Waals surface area contributed by atoms with E-state index in [-0.39, 0.29) is 0 Å². The molecule has 19 heavy (non-hydrogen) atoms. The Morgan fingerprint density at radius 2 is 2.21 bits per heavy atom. The molecule has 0 bridgehead atoms. The van der Waals surface area contributed by atoms with E-state index in [1.165, 1.54) is 18.2 Å². The Labute approximate surface area is 109 Å². The summed E-state index contributed by atoms with van der Waals surface area (Å²) in [6.45, 7) is 1.02. The molecule has 1 aromatic heterocycles.